The average Bonchev–Trinajstić information content (AvgIpc) is 2.41. The first-order valence-electron chi connectivity index (χ1n) is 6.37. The molecule has 0 amide bonds. The summed E-state index contributed by atoms with van der Waals surface area (Å²) in [4.78, 5) is 7.96. The Morgan fingerprint density at radius 2 is 2.39 bits per heavy atom. The van der Waals surface area contributed by atoms with Gasteiger partial charge < -0.3 is 15.4 Å². The monoisotopic (exact) mass is 254 g/mol. The van der Waals surface area contributed by atoms with Gasteiger partial charge in [-0.3, -0.25) is 0 Å². The molecule has 1 atom stereocenters. The lowest BCUT2D eigenvalue weighted by molar-refractivity contribution is 0.0594. The lowest BCUT2D eigenvalue weighted by atomic mass is 10.0. The van der Waals surface area contributed by atoms with E-state index in [1.165, 1.54) is 6.20 Å². The van der Waals surface area contributed by atoms with Gasteiger partial charge in [0.1, 0.15) is 0 Å². The highest BCUT2D eigenvalue weighted by molar-refractivity contribution is 5.40. The summed E-state index contributed by atoms with van der Waals surface area (Å²) in [6.07, 6.45) is 3.37. The van der Waals surface area contributed by atoms with Crippen LogP contribution in [0.15, 0.2) is 6.20 Å². The standard InChI is InChI=1S/C12H19FN4O/c1-2-14-12-16-7-10(13)11(17-12)15-6-9-4-3-5-18-8-9/h7,9H,2-6,8H2,1H3,(H2,14,15,16,17). The number of hydrogen-bond acceptors (Lipinski definition) is 5. The molecule has 0 bridgehead atoms. The third kappa shape index (κ3) is 3.53. The fraction of sp³-hybridized carbons (Fsp3) is 0.667. The van der Waals surface area contributed by atoms with E-state index in [9.17, 15) is 4.39 Å². The summed E-state index contributed by atoms with van der Waals surface area (Å²) in [7, 11) is 0. The molecule has 0 radical (unpaired) electrons. The van der Waals surface area contributed by atoms with Gasteiger partial charge in [-0.25, -0.2) is 9.37 Å². The van der Waals surface area contributed by atoms with Crippen molar-refractivity contribution in [1.82, 2.24) is 9.97 Å². The second kappa shape index (κ2) is 6.49. The molecule has 100 valence electrons. The molecule has 2 rings (SSSR count). The Labute approximate surface area is 106 Å². The lowest BCUT2D eigenvalue weighted by Crippen LogP contribution is -2.25. The van der Waals surface area contributed by atoms with Gasteiger partial charge in [0.15, 0.2) is 11.6 Å². The number of aromatic nitrogens is 2. The van der Waals surface area contributed by atoms with Gasteiger partial charge >= 0.3 is 0 Å². The van der Waals surface area contributed by atoms with E-state index in [1.54, 1.807) is 0 Å². The molecule has 1 unspecified atom stereocenters. The number of nitrogens with zero attached hydrogens (tertiary/aromatic N) is 2. The first kappa shape index (κ1) is 13.0. The summed E-state index contributed by atoms with van der Waals surface area (Å²) < 4.78 is 18.9. The molecule has 0 aromatic carbocycles. The number of anilines is 2. The van der Waals surface area contributed by atoms with Crippen molar-refractivity contribution in [1.29, 1.82) is 0 Å². The molecule has 0 aliphatic carbocycles. The minimum absolute atomic E-state index is 0.256. The minimum atomic E-state index is -0.423. The van der Waals surface area contributed by atoms with E-state index in [0.717, 1.165) is 26.1 Å². The van der Waals surface area contributed by atoms with Crippen LogP contribution in [0.5, 0.6) is 0 Å². The van der Waals surface area contributed by atoms with Gasteiger partial charge in [-0.05, 0) is 25.7 Å². The SMILES string of the molecule is CCNc1ncc(F)c(NCC2CCCOC2)n1. The van der Waals surface area contributed by atoms with Crippen LogP contribution < -0.4 is 10.6 Å². The molecule has 18 heavy (non-hydrogen) atoms. The van der Waals surface area contributed by atoms with Gasteiger partial charge in [0.2, 0.25) is 5.95 Å². The molecule has 2 N–H and O–H groups in total. The predicted octanol–water partition coefficient (Wildman–Crippen LogP) is 1.89. The number of nitrogens with one attached hydrogen (secondary N) is 2. The van der Waals surface area contributed by atoms with Crippen LogP contribution in [0.2, 0.25) is 0 Å². The highest BCUT2D eigenvalue weighted by Gasteiger charge is 2.15. The summed E-state index contributed by atoms with van der Waals surface area (Å²) in [5.41, 5.74) is 0. The van der Waals surface area contributed by atoms with E-state index in [0.29, 0.717) is 25.0 Å². The van der Waals surface area contributed by atoms with E-state index >= 15 is 0 Å². The van der Waals surface area contributed by atoms with Gasteiger partial charge in [0.05, 0.1) is 12.8 Å². The van der Waals surface area contributed by atoms with Crippen molar-refractivity contribution in [3.8, 4) is 0 Å². The molecule has 2 heterocycles. The molecule has 1 aromatic rings. The molecular formula is C12H19FN4O. The highest BCUT2D eigenvalue weighted by Crippen LogP contribution is 2.16. The van der Waals surface area contributed by atoms with Crippen LogP contribution in [0, 0.1) is 11.7 Å². The van der Waals surface area contributed by atoms with Gasteiger partial charge in [0, 0.05) is 19.7 Å². The molecule has 5 nitrogen and oxygen atoms in total. The number of halogens is 1. The Hall–Kier alpha value is -1.43. The molecule has 1 aromatic heterocycles. The normalized spacial score (nSPS) is 19.6. The van der Waals surface area contributed by atoms with Crippen molar-refractivity contribution < 1.29 is 9.13 Å². The maximum atomic E-state index is 13.5. The van der Waals surface area contributed by atoms with Crippen LogP contribution in [0.3, 0.4) is 0 Å². The van der Waals surface area contributed by atoms with Crippen molar-refractivity contribution in [2.45, 2.75) is 19.8 Å². The summed E-state index contributed by atoms with van der Waals surface area (Å²) in [6, 6.07) is 0. The third-order valence-electron chi connectivity index (χ3n) is 2.89. The molecule has 1 saturated heterocycles. The first-order chi connectivity index (χ1) is 8.79. The maximum absolute atomic E-state index is 13.5. The molecule has 0 saturated carbocycles. The van der Waals surface area contributed by atoms with Crippen LogP contribution in [0.25, 0.3) is 0 Å². The van der Waals surface area contributed by atoms with E-state index in [-0.39, 0.29) is 5.82 Å². The van der Waals surface area contributed by atoms with Crippen molar-refractivity contribution in [3.63, 3.8) is 0 Å². The zero-order chi connectivity index (χ0) is 12.8. The molecular weight excluding hydrogens is 235 g/mol. The second-order valence-electron chi connectivity index (χ2n) is 4.38. The summed E-state index contributed by atoms with van der Waals surface area (Å²) in [5, 5.41) is 5.99. The smallest absolute Gasteiger partial charge is 0.224 e. The van der Waals surface area contributed by atoms with Crippen molar-refractivity contribution in [3.05, 3.63) is 12.0 Å². The Morgan fingerprint density at radius 1 is 1.50 bits per heavy atom. The van der Waals surface area contributed by atoms with Crippen LogP contribution in [-0.2, 0) is 4.74 Å². The largest absolute Gasteiger partial charge is 0.381 e. The molecule has 6 heteroatoms. The van der Waals surface area contributed by atoms with Gasteiger partial charge in [0.25, 0.3) is 0 Å². The average molecular weight is 254 g/mol. The summed E-state index contributed by atoms with van der Waals surface area (Å²) in [5.74, 6) is 0.705. The van der Waals surface area contributed by atoms with E-state index in [4.69, 9.17) is 4.74 Å². The van der Waals surface area contributed by atoms with E-state index in [1.807, 2.05) is 6.92 Å². The number of hydrogen-bond donors (Lipinski definition) is 2. The lowest BCUT2D eigenvalue weighted by Gasteiger charge is -2.22. The van der Waals surface area contributed by atoms with Crippen molar-refractivity contribution >= 4 is 11.8 Å². The van der Waals surface area contributed by atoms with Crippen LogP contribution in [0.1, 0.15) is 19.8 Å². The van der Waals surface area contributed by atoms with Crippen LogP contribution in [-0.4, -0.2) is 36.3 Å². The van der Waals surface area contributed by atoms with E-state index < -0.39 is 5.82 Å². The number of rotatable bonds is 5. The summed E-state index contributed by atoms with van der Waals surface area (Å²) in [6.45, 7) is 4.91. The van der Waals surface area contributed by atoms with Crippen molar-refractivity contribution in [2.75, 3.05) is 36.9 Å². The van der Waals surface area contributed by atoms with Gasteiger partial charge in [-0.1, -0.05) is 0 Å². The zero-order valence-electron chi connectivity index (χ0n) is 10.6. The Kier molecular flexibility index (Phi) is 4.69. The molecule has 1 aliphatic rings. The van der Waals surface area contributed by atoms with Gasteiger partial charge in [-0.2, -0.15) is 4.98 Å². The fourth-order valence-electron chi connectivity index (χ4n) is 1.94. The maximum Gasteiger partial charge on any atom is 0.224 e. The quantitative estimate of drug-likeness (QED) is 0.840. The Morgan fingerprint density at radius 3 is 3.11 bits per heavy atom. The molecule has 1 fully saturated rings. The third-order valence-corrected chi connectivity index (χ3v) is 2.89. The van der Waals surface area contributed by atoms with Crippen molar-refractivity contribution in [2.24, 2.45) is 5.92 Å². The molecule has 0 spiro atoms. The van der Waals surface area contributed by atoms with E-state index in [2.05, 4.69) is 20.6 Å². The first-order valence-corrected chi connectivity index (χ1v) is 6.37. The predicted molar refractivity (Wildman–Crippen MR) is 68.2 cm³/mol. The summed E-state index contributed by atoms with van der Waals surface area (Å²) >= 11 is 0. The highest BCUT2D eigenvalue weighted by atomic mass is 19.1. The fourth-order valence-corrected chi connectivity index (χ4v) is 1.94. The van der Waals surface area contributed by atoms with Crippen LogP contribution in [0.4, 0.5) is 16.2 Å². The zero-order valence-corrected chi connectivity index (χ0v) is 10.6. The minimum Gasteiger partial charge on any atom is -0.381 e. The topological polar surface area (TPSA) is 59.1 Å². The number of ether oxygens (including phenoxy) is 1. The Bertz CT molecular complexity index is 382. The Balaban J connectivity index is 1.92. The molecule has 1 aliphatic heterocycles. The second-order valence-corrected chi connectivity index (χ2v) is 4.38. The van der Waals surface area contributed by atoms with Crippen LogP contribution >= 0.6 is 0 Å². The van der Waals surface area contributed by atoms with Gasteiger partial charge in [-0.15, -0.1) is 0 Å².